The van der Waals surface area contributed by atoms with Gasteiger partial charge in [-0.05, 0) is 42.6 Å². The summed E-state index contributed by atoms with van der Waals surface area (Å²) in [6.45, 7) is 6.33. The third-order valence-corrected chi connectivity index (χ3v) is 3.69. The van der Waals surface area contributed by atoms with Gasteiger partial charge in [-0.1, -0.05) is 44.2 Å². The molecule has 0 amide bonds. The average molecular weight is 232 g/mol. The monoisotopic (exact) mass is 232 g/mol. The third kappa shape index (κ3) is 4.16. The SMILES string of the molecule is CC(C)CC1(CCOCc2ccccc2)CC1. The zero-order valence-electron chi connectivity index (χ0n) is 11.1. The zero-order chi connectivity index (χ0) is 12.1. The second-order valence-electron chi connectivity index (χ2n) is 5.89. The number of rotatable bonds is 7. The van der Waals surface area contributed by atoms with Gasteiger partial charge < -0.3 is 4.74 Å². The van der Waals surface area contributed by atoms with Gasteiger partial charge in [0.1, 0.15) is 0 Å². The van der Waals surface area contributed by atoms with Crippen molar-refractivity contribution in [1.82, 2.24) is 0 Å². The third-order valence-electron chi connectivity index (χ3n) is 3.69. The molecule has 1 aliphatic carbocycles. The molecule has 1 aromatic rings. The van der Waals surface area contributed by atoms with E-state index in [0.29, 0.717) is 5.41 Å². The van der Waals surface area contributed by atoms with Crippen molar-refractivity contribution in [3.05, 3.63) is 35.9 Å². The van der Waals surface area contributed by atoms with Gasteiger partial charge in [-0.3, -0.25) is 0 Å². The van der Waals surface area contributed by atoms with Crippen LogP contribution in [0.25, 0.3) is 0 Å². The average Bonchev–Trinajstić information content (AvgIpc) is 3.05. The number of hydrogen-bond acceptors (Lipinski definition) is 1. The van der Waals surface area contributed by atoms with Crippen molar-refractivity contribution >= 4 is 0 Å². The number of benzene rings is 1. The molecule has 1 aliphatic rings. The zero-order valence-corrected chi connectivity index (χ0v) is 11.1. The van der Waals surface area contributed by atoms with Crippen LogP contribution in [0.3, 0.4) is 0 Å². The molecule has 0 unspecified atom stereocenters. The lowest BCUT2D eigenvalue weighted by molar-refractivity contribution is 0.100. The van der Waals surface area contributed by atoms with Crippen molar-refractivity contribution < 1.29 is 4.74 Å². The van der Waals surface area contributed by atoms with Crippen LogP contribution < -0.4 is 0 Å². The Labute approximate surface area is 105 Å². The van der Waals surface area contributed by atoms with Gasteiger partial charge in [-0.25, -0.2) is 0 Å². The van der Waals surface area contributed by atoms with Crippen LogP contribution in [0.2, 0.25) is 0 Å². The van der Waals surface area contributed by atoms with E-state index in [1.54, 1.807) is 0 Å². The van der Waals surface area contributed by atoms with Crippen molar-refractivity contribution in [2.45, 2.75) is 46.1 Å². The molecule has 1 nitrogen and oxygen atoms in total. The van der Waals surface area contributed by atoms with Gasteiger partial charge in [-0.15, -0.1) is 0 Å². The summed E-state index contributed by atoms with van der Waals surface area (Å²) in [6, 6.07) is 10.4. The summed E-state index contributed by atoms with van der Waals surface area (Å²) in [7, 11) is 0. The van der Waals surface area contributed by atoms with E-state index < -0.39 is 0 Å². The van der Waals surface area contributed by atoms with E-state index in [1.807, 2.05) is 6.07 Å². The molecule has 0 N–H and O–H groups in total. The first kappa shape index (κ1) is 12.6. The van der Waals surface area contributed by atoms with Crippen molar-refractivity contribution in [1.29, 1.82) is 0 Å². The topological polar surface area (TPSA) is 9.23 Å². The van der Waals surface area contributed by atoms with Crippen molar-refractivity contribution in [2.75, 3.05) is 6.61 Å². The number of hydrogen-bond donors (Lipinski definition) is 0. The highest BCUT2D eigenvalue weighted by Gasteiger charge is 2.41. The van der Waals surface area contributed by atoms with Crippen LogP contribution in [0.5, 0.6) is 0 Å². The predicted molar refractivity (Wildman–Crippen MR) is 71.8 cm³/mol. The molecule has 0 spiro atoms. The van der Waals surface area contributed by atoms with Crippen LogP contribution in [-0.4, -0.2) is 6.61 Å². The highest BCUT2D eigenvalue weighted by atomic mass is 16.5. The van der Waals surface area contributed by atoms with Gasteiger partial charge in [0.05, 0.1) is 6.61 Å². The lowest BCUT2D eigenvalue weighted by Gasteiger charge is -2.17. The molecule has 0 saturated heterocycles. The second-order valence-corrected chi connectivity index (χ2v) is 5.89. The maximum absolute atomic E-state index is 5.78. The lowest BCUT2D eigenvalue weighted by Crippen LogP contribution is -2.09. The molecule has 0 atom stereocenters. The summed E-state index contributed by atoms with van der Waals surface area (Å²) in [5.74, 6) is 0.826. The molecule has 2 rings (SSSR count). The summed E-state index contributed by atoms with van der Waals surface area (Å²) < 4.78 is 5.78. The normalized spacial score (nSPS) is 17.4. The van der Waals surface area contributed by atoms with Gasteiger partial charge >= 0.3 is 0 Å². The minimum atomic E-state index is 0.644. The highest BCUT2D eigenvalue weighted by Crippen LogP contribution is 2.53. The summed E-state index contributed by atoms with van der Waals surface area (Å²) in [6.07, 6.45) is 5.46. The molecule has 0 heterocycles. The van der Waals surface area contributed by atoms with Crippen molar-refractivity contribution in [3.63, 3.8) is 0 Å². The summed E-state index contributed by atoms with van der Waals surface area (Å²) in [5.41, 5.74) is 1.92. The summed E-state index contributed by atoms with van der Waals surface area (Å²) >= 11 is 0. The molecule has 0 radical (unpaired) electrons. The van der Waals surface area contributed by atoms with E-state index >= 15 is 0 Å². The predicted octanol–water partition coefficient (Wildman–Crippen LogP) is 4.42. The van der Waals surface area contributed by atoms with Crippen LogP contribution >= 0.6 is 0 Å². The molecule has 1 heteroatoms. The molecular formula is C16H24O. The van der Waals surface area contributed by atoms with Crippen molar-refractivity contribution in [3.8, 4) is 0 Å². The quantitative estimate of drug-likeness (QED) is 0.632. The smallest absolute Gasteiger partial charge is 0.0716 e. The fourth-order valence-electron chi connectivity index (χ4n) is 2.65. The van der Waals surface area contributed by atoms with Crippen LogP contribution in [-0.2, 0) is 11.3 Å². The molecular weight excluding hydrogens is 208 g/mol. The molecule has 1 saturated carbocycles. The Morgan fingerprint density at radius 1 is 1.18 bits per heavy atom. The fraction of sp³-hybridized carbons (Fsp3) is 0.625. The van der Waals surface area contributed by atoms with E-state index in [-0.39, 0.29) is 0 Å². The largest absolute Gasteiger partial charge is 0.377 e. The number of ether oxygens (including phenoxy) is 1. The van der Waals surface area contributed by atoms with E-state index in [0.717, 1.165) is 19.1 Å². The first-order valence-corrected chi connectivity index (χ1v) is 6.82. The van der Waals surface area contributed by atoms with Gasteiger partial charge in [-0.2, -0.15) is 0 Å². The van der Waals surface area contributed by atoms with Gasteiger partial charge in [0.15, 0.2) is 0 Å². The first-order chi connectivity index (χ1) is 8.20. The Kier molecular flexibility index (Phi) is 4.22. The molecule has 1 fully saturated rings. The fourth-order valence-corrected chi connectivity index (χ4v) is 2.65. The summed E-state index contributed by atoms with van der Waals surface area (Å²) in [5, 5.41) is 0. The van der Waals surface area contributed by atoms with E-state index in [2.05, 4.69) is 38.1 Å². The summed E-state index contributed by atoms with van der Waals surface area (Å²) in [4.78, 5) is 0. The maximum Gasteiger partial charge on any atom is 0.0716 e. The molecule has 94 valence electrons. The van der Waals surface area contributed by atoms with Crippen LogP contribution in [0.4, 0.5) is 0 Å². The van der Waals surface area contributed by atoms with Gasteiger partial charge in [0.2, 0.25) is 0 Å². The highest BCUT2D eigenvalue weighted by molar-refractivity contribution is 5.13. The van der Waals surface area contributed by atoms with Crippen LogP contribution in [0, 0.1) is 11.3 Å². The van der Waals surface area contributed by atoms with E-state index in [1.165, 1.54) is 31.2 Å². The maximum atomic E-state index is 5.78. The second kappa shape index (κ2) is 5.68. The van der Waals surface area contributed by atoms with E-state index in [4.69, 9.17) is 4.74 Å². The Morgan fingerprint density at radius 3 is 2.47 bits per heavy atom. The Bertz CT molecular complexity index is 325. The standard InChI is InChI=1S/C16H24O/c1-14(2)12-16(8-9-16)10-11-17-13-15-6-4-3-5-7-15/h3-7,14H,8-13H2,1-2H3. The minimum Gasteiger partial charge on any atom is -0.377 e. The molecule has 0 bridgehead atoms. The molecule has 1 aromatic carbocycles. The van der Waals surface area contributed by atoms with Crippen LogP contribution in [0.15, 0.2) is 30.3 Å². The first-order valence-electron chi connectivity index (χ1n) is 6.82. The van der Waals surface area contributed by atoms with Crippen LogP contribution in [0.1, 0.15) is 45.1 Å². The van der Waals surface area contributed by atoms with Gasteiger partial charge in [0, 0.05) is 6.61 Å². The Balaban J connectivity index is 1.64. The minimum absolute atomic E-state index is 0.644. The van der Waals surface area contributed by atoms with E-state index in [9.17, 15) is 0 Å². The Hall–Kier alpha value is -0.820. The molecule has 0 aliphatic heterocycles. The van der Waals surface area contributed by atoms with Gasteiger partial charge in [0.25, 0.3) is 0 Å². The van der Waals surface area contributed by atoms with Crippen molar-refractivity contribution in [2.24, 2.45) is 11.3 Å². The lowest BCUT2D eigenvalue weighted by atomic mass is 9.91. The Morgan fingerprint density at radius 2 is 1.88 bits per heavy atom. The molecule has 0 aromatic heterocycles. The molecule has 17 heavy (non-hydrogen) atoms.